The van der Waals surface area contributed by atoms with E-state index in [0.717, 1.165) is 32.2 Å². The first-order valence-electron chi connectivity index (χ1n) is 8.24. The van der Waals surface area contributed by atoms with Crippen LogP contribution in [-0.4, -0.2) is 32.3 Å². The highest BCUT2D eigenvalue weighted by Crippen LogP contribution is 2.26. The quantitative estimate of drug-likeness (QED) is 0.753. The van der Waals surface area contributed by atoms with Crippen molar-refractivity contribution in [2.75, 3.05) is 25.2 Å². The largest absolute Gasteiger partial charge is 0.383 e. The van der Waals surface area contributed by atoms with Gasteiger partial charge in [0.1, 0.15) is 0 Å². The predicted molar refractivity (Wildman–Crippen MR) is 90.0 cm³/mol. The molecule has 3 nitrogen and oxygen atoms in total. The molecule has 3 heteroatoms. The van der Waals surface area contributed by atoms with E-state index in [1.807, 2.05) is 0 Å². The lowest BCUT2D eigenvalue weighted by molar-refractivity contribution is 0.203. The minimum Gasteiger partial charge on any atom is -0.383 e. The number of benzene rings is 1. The van der Waals surface area contributed by atoms with Crippen molar-refractivity contribution < 1.29 is 4.74 Å². The Hall–Kier alpha value is -1.06. The van der Waals surface area contributed by atoms with E-state index >= 15 is 0 Å². The molecule has 1 aliphatic rings. The molecule has 21 heavy (non-hydrogen) atoms. The van der Waals surface area contributed by atoms with E-state index < -0.39 is 0 Å². The van der Waals surface area contributed by atoms with E-state index in [1.54, 1.807) is 7.11 Å². The van der Waals surface area contributed by atoms with Crippen LogP contribution >= 0.6 is 0 Å². The molecule has 0 saturated heterocycles. The Balaban J connectivity index is 2.19. The van der Waals surface area contributed by atoms with Gasteiger partial charge in [-0.1, -0.05) is 24.6 Å². The lowest BCUT2D eigenvalue weighted by Crippen LogP contribution is -2.36. The van der Waals surface area contributed by atoms with Gasteiger partial charge >= 0.3 is 0 Å². The van der Waals surface area contributed by atoms with Crippen LogP contribution in [0.2, 0.25) is 0 Å². The summed E-state index contributed by atoms with van der Waals surface area (Å²) in [6.07, 6.45) is 3.81. The molecular formula is C18H30N2O. The third-order valence-corrected chi connectivity index (χ3v) is 4.36. The van der Waals surface area contributed by atoms with Crippen molar-refractivity contribution in [1.82, 2.24) is 5.32 Å². The summed E-state index contributed by atoms with van der Waals surface area (Å²) in [5.74, 6) is 0. The van der Waals surface area contributed by atoms with E-state index in [1.165, 1.54) is 29.7 Å². The Labute approximate surface area is 129 Å². The molecule has 2 rings (SSSR count). The van der Waals surface area contributed by atoms with E-state index in [9.17, 15) is 0 Å². The molecule has 1 atom stereocenters. The normalized spacial score (nSPS) is 16.0. The summed E-state index contributed by atoms with van der Waals surface area (Å²) in [7, 11) is 1.78. The SMILES string of the molecule is CCC(C)N(CCOC)c1ccc(C)cc1CNC1CC1. The van der Waals surface area contributed by atoms with Gasteiger partial charge in [-0.15, -0.1) is 0 Å². The van der Waals surface area contributed by atoms with Crippen molar-refractivity contribution in [3.63, 3.8) is 0 Å². The van der Waals surface area contributed by atoms with Crippen LogP contribution in [0.15, 0.2) is 18.2 Å². The summed E-state index contributed by atoms with van der Waals surface area (Å²) >= 11 is 0. The van der Waals surface area contributed by atoms with Gasteiger partial charge in [0.15, 0.2) is 0 Å². The summed E-state index contributed by atoms with van der Waals surface area (Å²) in [4.78, 5) is 2.49. The fourth-order valence-electron chi connectivity index (χ4n) is 2.67. The molecule has 0 spiro atoms. The average Bonchev–Trinajstić information content (AvgIpc) is 3.30. The zero-order valence-corrected chi connectivity index (χ0v) is 14.0. The number of nitrogens with zero attached hydrogens (tertiary/aromatic N) is 1. The fraction of sp³-hybridized carbons (Fsp3) is 0.667. The molecule has 0 amide bonds. The fourth-order valence-corrected chi connectivity index (χ4v) is 2.67. The van der Waals surface area contributed by atoms with Crippen LogP contribution in [0.5, 0.6) is 0 Å². The van der Waals surface area contributed by atoms with Gasteiger partial charge in [-0.05, 0) is 44.7 Å². The first-order valence-corrected chi connectivity index (χ1v) is 8.24. The molecule has 1 aliphatic carbocycles. The van der Waals surface area contributed by atoms with Crippen LogP contribution in [-0.2, 0) is 11.3 Å². The molecule has 1 aromatic carbocycles. The van der Waals surface area contributed by atoms with Gasteiger partial charge in [0.05, 0.1) is 6.61 Å². The van der Waals surface area contributed by atoms with Crippen molar-refractivity contribution in [3.8, 4) is 0 Å². The maximum Gasteiger partial charge on any atom is 0.0637 e. The number of aryl methyl sites for hydroxylation is 1. The second kappa shape index (κ2) is 7.81. The average molecular weight is 290 g/mol. The number of rotatable bonds is 9. The van der Waals surface area contributed by atoms with Gasteiger partial charge in [0.25, 0.3) is 0 Å². The second-order valence-corrected chi connectivity index (χ2v) is 6.23. The molecule has 0 radical (unpaired) electrons. The maximum absolute atomic E-state index is 5.30. The second-order valence-electron chi connectivity index (χ2n) is 6.23. The Morgan fingerprint density at radius 2 is 2.14 bits per heavy atom. The summed E-state index contributed by atoms with van der Waals surface area (Å²) in [6, 6.07) is 8.10. The number of nitrogens with one attached hydrogen (secondary N) is 1. The maximum atomic E-state index is 5.30. The Bertz CT molecular complexity index is 443. The Kier molecular flexibility index (Phi) is 6.07. The highest BCUT2D eigenvalue weighted by molar-refractivity contribution is 5.55. The molecule has 0 aliphatic heterocycles. The molecule has 0 bridgehead atoms. The summed E-state index contributed by atoms with van der Waals surface area (Å²) < 4.78 is 5.30. The van der Waals surface area contributed by atoms with Crippen LogP contribution in [0.1, 0.15) is 44.2 Å². The molecular weight excluding hydrogens is 260 g/mol. The third-order valence-electron chi connectivity index (χ3n) is 4.36. The number of methoxy groups -OCH3 is 1. The molecule has 0 aromatic heterocycles. The predicted octanol–water partition coefficient (Wildman–Crippen LogP) is 3.50. The molecule has 1 fully saturated rings. The van der Waals surface area contributed by atoms with Crippen molar-refractivity contribution in [3.05, 3.63) is 29.3 Å². The summed E-state index contributed by atoms with van der Waals surface area (Å²) in [5.41, 5.74) is 4.11. The van der Waals surface area contributed by atoms with Crippen molar-refractivity contribution in [2.24, 2.45) is 0 Å². The number of anilines is 1. The van der Waals surface area contributed by atoms with Crippen LogP contribution in [0, 0.1) is 6.92 Å². The topological polar surface area (TPSA) is 24.5 Å². The lowest BCUT2D eigenvalue weighted by atomic mass is 10.1. The van der Waals surface area contributed by atoms with Crippen LogP contribution in [0.3, 0.4) is 0 Å². The van der Waals surface area contributed by atoms with Gasteiger partial charge in [-0.2, -0.15) is 0 Å². The highest BCUT2D eigenvalue weighted by Gasteiger charge is 2.22. The molecule has 1 unspecified atom stereocenters. The minimum absolute atomic E-state index is 0.530. The van der Waals surface area contributed by atoms with Crippen LogP contribution in [0.25, 0.3) is 0 Å². The third kappa shape index (κ3) is 4.72. The van der Waals surface area contributed by atoms with E-state index in [4.69, 9.17) is 4.74 Å². The van der Waals surface area contributed by atoms with Gasteiger partial charge in [-0.25, -0.2) is 0 Å². The van der Waals surface area contributed by atoms with E-state index in [-0.39, 0.29) is 0 Å². The molecule has 1 N–H and O–H groups in total. The number of hydrogen-bond donors (Lipinski definition) is 1. The number of ether oxygens (including phenoxy) is 1. The lowest BCUT2D eigenvalue weighted by Gasteiger charge is -2.32. The smallest absolute Gasteiger partial charge is 0.0637 e. The van der Waals surface area contributed by atoms with Gasteiger partial charge < -0.3 is 15.0 Å². The van der Waals surface area contributed by atoms with Gasteiger partial charge in [-0.3, -0.25) is 0 Å². The van der Waals surface area contributed by atoms with Crippen molar-refractivity contribution in [1.29, 1.82) is 0 Å². The highest BCUT2D eigenvalue weighted by atomic mass is 16.5. The van der Waals surface area contributed by atoms with E-state index in [0.29, 0.717) is 6.04 Å². The molecule has 0 heterocycles. The summed E-state index contributed by atoms with van der Waals surface area (Å²) in [6.45, 7) is 9.42. The summed E-state index contributed by atoms with van der Waals surface area (Å²) in [5, 5.41) is 3.65. The first-order chi connectivity index (χ1) is 10.2. The van der Waals surface area contributed by atoms with Crippen molar-refractivity contribution >= 4 is 5.69 Å². The standard InChI is InChI=1S/C18H30N2O/c1-5-15(3)20(10-11-21-4)18-9-6-14(2)12-16(18)13-19-17-7-8-17/h6,9,12,15,17,19H,5,7-8,10-11,13H2,1-4H3. The zero-order chi connectivity index (χ0) is 15.2. The first kappa shape index (κ1) is 16.3. The molecule has 1 saturated carbocycles. The van der Waals surface area contributed by atoms with Gasteiger partial charge in [0, 0.05) is 38.0 Å². The molecule has 1 aromatic rings. The van der Waals surface area contributed by atoms with Gasteiger partial charge in [0.2, 0.25) is 0 Å². The molecule has 118 valence electrons. The monoisotopic (exact) mass is 290 g/mol. The van der Waals surface area contributed by atoms with Crippen LogP contribution < -0.4 is 10.2 Å². The van der Waals surface area contributed by atoms with E-state index in [2.05, 4.69) is 49.2 Å². The van der Waals surface area contributed by atoms with Crippen LogP contribution in [0.4, 0.5) is 5.69 Å². The Morgan fingerprint density at radius 1 is 1.38 bits per heavy atom. The Morgan fingerprint density at radius 3 is 2.76 bits per heavy atom. The zero-order valence-electron chi connectivity index (χ0n) is 14.0. The minimum atomic E-state index is 0.530. The van der Waals surface area contributed by atoms with Crippen molar-refractivity contribution in [2.45, 2.75) is 58.7 Å². The number of hydrogen-bond acceptors (Lipinski definition) is 3.